The first kappa shape index (κ1) is 29.5. The Morgan fingerprint density at radius 2 is 0.967 bits per heavy atom. The fourth-order valence-corrected chi connectivity index (χ4v) is 4.08. The van der Waals surface area contributed by atoms with E-state index in [0.29, 0.717) is 13.0 Å². The first-order valence-electron chi connectivity index (χ1n) is 13.8. The van der Waals surface area contributed by atoms with Crippen LogP contribution in [-0.4, -0.2) is 12.6 Å². The van der Waals surface area contributed by atoms with E-state index in [2.05, 4.69) is 20.8 Å². The highest BCUT2D eigenvalue weighted by molar-refractivity contribution is 5.69. The van der Waals surface area contributed by atoms with Gasteiger partial charge in [0.1, 0.15) is 0 Å². The Morgan fingerprint density at radius 1 is 0.567 bits per heavy atom. The average molecular weight is 425 g/mol. The minimum Gasteiger partial charge on any atom is -0.466 e. The minimum absolute atomic E-state index is 0.0198. The quantitative estimate of drug-likeness (QED) is 0.114. The van der Waals surface area contributed by atoms with Crippen molar-refractivity contribution in [1.82, 2.24) is 0 Å². The Hall–Kier alpha value is -0.530. The molecule has 0 saturated heterocycles. The Kier molecular flexibility index (Phi) is 24.3. The summed E-state index contributed by atoms with van der Waals surface area (Å²) in [5.41, 5.74) is 0. The van der Waals surface area contributed by atoms with Gasteiger partial charge < -0.3 is 4.74 Å². The fraction of sp³-hybridized carbons (Fsp3) is 0.964. The number of unbranched alkanes of at least 4 members (excludes halogenated alkanes) is 18. The van der Waals surface area contributed by atoms with E-state index < -0.39 is 0 Å². The summed E-state index contributed by atoms with van der Waals surface area (Å²) in [7, 11) is 0. The van der Waals surface area contributed by atoms with E-state index in [1.54, 1.807) is 0 Å². The van der Waals surface area contributed by atoms with Gasteiger partial charge in [0.15, 0.2) is 0 Å². The number of hydrogen-bond donors (Lipinski definition) is 0. The molecule has 0 aliphatic carbocycles. The van der Waals surface area contributed by atoms with E-state index in [9.17, 15) is 4.79 Å². The van der Waals surface area contributed by atoms with Gasteiger partial charge in [-0.2, -0.15) is 0 Å². The van der Waals surface area contributed by atoms with Crippen LogP contribution in [0, 0.1) is 5.92 Å². The van der Waals surface area contributed by atoms with E-state index in [1.165, 1.54) is 122 Å². The number of ether oxygens (including phenoxy) is 1. The minimum atomic E-state index is 0.0198. The van der Waals surface area contributed by atoms with Crippen molar-refractivity contribution in [2.45, 2.75) is 162 Å². The van der Waals surface area contributed by atoms with Crippen molar-refractivity contribution in [3.05, 3.63) is 0 Å². The zero-order valence-corrected chi connectivity index (χ0v) is 21.2. The average Bonchev–Trinajstić information content (AvgIpc) is 2.72. The van der Waals surface area contributed by atoms with E-state index in [4.69, 9.17) is 4.74 Å². The van der Waals surface area contributed by atoms with Gasteiger partial charge in [0.25, 0.3) is 0 Å². The summed E-state index contributed by atoms with van der Waals surface area (Å²) in [6, 6.07) is 0. The molecule has 0 saturated carbocycles. The number of carbonyl (C=O) groups is 1. The van der Waals surface area contributed by atoms with Crippen molar-refractivity contribution < 1.29 is 9.53 Å². The normalized spacial score (nSPS) is 11.3. The Labute approximate surface area is 190 Å². The summed E-state index contributed by atoms with van der Waals surface area (Å²) in [6.45, 7) is 7.54. The van der Waals surface area contributed by atoms with Crippen LogP contribution in [0.2, 0.25) is 0 Å². The molecule has 0 aromatic rings. The molecule has 0 bridgehead atoms. The molecule has 30 heavy (non-hydrogen) atoms. The van der Waals surface area contributed by atoms with Crippen molar-refractivity contribution >= 4 is 5.97 Å². The third-order valence-electron chi connectivity index (χ3n) is 6.17. The lowest BCUT2D eigenvalue weighted by Gasteiger charge is -2.06. The molecule has 0 aliphatic heterocycles. The highest BCUT2D eigenvalue weighted by Crippen LogP contribution is 2.14. The van der Waals surface area contributed by atoms with Crippen LogP contribution in [0.5, 0.6) is 0 Å². The van der Waals surface area contributed by atoms with Gasteiger partial charge in [-0.05, 0) is 18.8 Å². The highest BCUT2D eigenvalue weighted by atomic mass is 16.5. The van der Waals surface area contributed by atoms with Gasteiger partial charge in [0.2, 0.25) is 0 Å². The van der Waals surface area contributed by atoms with Gasteiger partial charge in [0, 0.05) is 6.42 Å². The van der Waals surface area contributed by atoms with Crippen LogP contribution < -0.4 is 0 Å². The van der Waals surface area contributed by atoms with E-state index in [-0.39, 0.29) is 5.97 Å². The predicted octanol–water partition coefficient (Wildman–Crippen LogP) is 9.79. The molecule has 0 aromatic carbocycles. The summed E-state index contributed by atoms with van der Waals surface area (Å²) >= 11 is 0. The van der Waals surface area contributed by atoms with Crippen LogP contribution >= 0.6 is 0 Å². The summed E-state index contributed by atoms with van der Waals surface area (Å²) in [5, 5.41) is 0. The van der Waals surface area contributed by atoms with Crippen LogP contribution in [0.3, 0.4) is 0 Å². The maximum absolute atomic E-state index is 11.8. The van der Waals surface area contributed by atoms with Crippen molar-refractivity contribution in [1.29, 1.82) is 0 Å². The van der Waals surface area contributed by atoms with Crippen LogP contribution in [-0.2, 0) is 9.53 Å². The molecule has 0 rings (SSSR count). The molecule has 0 spiro atoms. The second kappa shape index (κ2) is 24.7. The molecule has 0 N–H and O–H groups in total. The Morgan fingerprint density at radius 3 is 1.43 bits per heavy atom. The third-order valence-corrected chi connectivity index (χ3v) is 6.17. The molecular weight excluding hydrogens is 368 g/mol. The van der Waals surface area contributed by atoms with Gasteiger partial charge in [0.05, 0.1) is 6.61 Å². The van der Waals surface area contributed by atoms with Crippen molar-refractivity contribution in [2.24, 2.45) is 5.92 Å². The molecule has 0 aliphatic rings. The molecule has 2 nitrogen and oxygen atoms in total. The Balaban J connectivity index is 3.14. The lowest BCUT2D eigenvalue weighted by Crippen LogP contribution is -2.05. The summed E-state index contributed by atoms with van der Waals surface area (Å²) in [5.74, 6) is 0.890. The molecule has 0 heterocycles. The second-order valence-corrected chi connectivity index (χ2v) is 9.87. The van der Waals surface area contributed by atoms with Gasteiger partial charge >= 0.3 is 5.97 Å². The van der Waals surface area contributed by atoms with Crippen LogP contribution in [0.25, 0.3) is 0 Å². The lowest BCUT2D eigenvalue weighted by atomic mass is 10.0. The molecule has 0 amide bonds. The van der Waals surface area contributed by atoms with Crippen molar-refractivity contribution in [3.63, 3.8) is 0 Å². The zero-order chi connectivity index (χ0) is 22.1. The van der Waals surface area contributed by atoms with E-state index in [1.807, 2.05) is 0 Å². The number of hydrogen-bond acceptors (Lipinski definition) is 2. The number of carbonyl (C=O) groups excluding carboxylic acids is 1. The van der Waals surface area contributed by atoms with E-state index in [0.717, 1.165) is 18.8 Å². The molecule has 0 radical (unpaired) electrons. The first-order valence-corrected chi connectivity index (χ1v) is 13.8. The molecule has 0 unspecified atom stereocenters. The van der Waals surface area contributed by atoms with E-state index >= 15 is 0 Å². The zero-order valence-electron chi connectivity index (χ0n) is 21.2. The molecule has 0 fully saturated rings. The SMILES string of the molecule is CCCCCCCCCCOC(=O)CCCCCCCCCCCCCCC(C)C. The molecule has 180 valence electrons. The number of esters is 1. The maximum Gasteiger partial charge on any atom is 0.305 e. The molecular formula is C28H56O2. The summed E-state index contributed by atoms with van der Waals surface area (Å²) in [6.07, 6.45) is 28.4. The molecule has 2 heteroatoms. The molecule has 0 aromatic heterocycles. The summed E-state index contributed by atoms with van der Waals surface area (Å²) in [4.78, 5) is 11.8. The van der Waals surface area contributed by atoms with Gasteiger partial charge in [-0.15, -0.1) is 0 Å². The summed E-state index contributed by atoms with van der Waals surface area (Å²) < 4.78 is 5.37. The predicted molar refractivity (Wildman–Crippen MR) is 133 cm³/mol. The molecule has 0 atom stereocenters. The van der Waals surface area contributed by atoms with Gasteiger partial charge in [-0.1, -0.05) is 143 Å². The van der Waals surface area contributed by atoms with Crippen molar-refractivity contribution in [2.75, 3.05) is 6.61 Å². The van der Waals surface area contributed by atoms with Crippen molar-refractivity contribution in [3.8, 4) is 0 Å². The Bertz CT molecular complexity index is 338. The smallest absolute Gasteiger partial charge is 0.305 e. The largest absolute Gasteiger partial charge is 0.466 e. The monoisotopic (exact) mass is 424 g/mol. The van der Waals surface area contributed by atoms with Crippen LogP contribution in [0.1, 0.15) is 162 Å². The fourth-order valence-electron chi connectivity index (χ4n) is 4.08. The number of rotatable bonds is 24. The topological polar surface area (TPSA) is 26.3 Å². The van der Waals surface area contributed by atoms with Gasteiger partial charge in [-0.25, -0.2) is 0 Å². The maximum atomic E-state index is 11.8. The second-order valence-electron chi connectivity index (χ2n) is 9.87. The standard InChI is InChI=1S/C28H56O2/c1-4-5-6-7-8-17-20-23-26-30-28(29)25-22-19-16-14-12-10-9-11-13-15-18-21-24-27(2)3/h27H,4-26H2,1-3H3. The lowest BCUT2D eigenvalue weighted by molar-refractivity contribution is -0.143. The highest BCUT2D eigenvalue weighted by Gasteiger charge is 2.02. The van der Waals surface area contributed by atoms with Gasteiger partial charge in [-0.3, -0.25) is 4.79 Å². The van der Waals surface area contributed by atoms with Crippen LogP contribution in [0.4, 0.5) is 0 Å². The third kappa shape index (κ3) is 25.5. The van der Waals surface area contributed by atoms with Crippen LogP contribution in [0.15, 0.2) is 0 Å². The first-order chi connectivity index (χ1) is 14.7.